The topological polar surface area (TPSA) is 77.2 Å². The first kappa shape index (κ1) is 22.9. The Morgan fingerprint density at radius 3 is 2.51 bits per heavy atom. The average Bonchev–Trinajstić information content (AvgIpc) is 3.50. The van der Waals surface area contributed by atoms with Crippen LogP contribution in [0.2, 0.25) is 0 Å². The molecular weight excluding hydrogens is 447 g/mol. The summed E-state index contributed by atoms with van der Waals surface area (Å²) in [7, 11) is 1.88. The molecule has 9 heteroatoms. The van der Waals surface area contributed by atoms with Gasteiger partial charge in [0.05, 0.1) is 35.7 Å². The lowest BCUT2D eigenvalue weighted by molar-refractivity contribution is 0.0501. The molecule has 1 fully saturated rings. The summed E-state index contributed by atoms with van der Waals surface area (Å²) in [6, 6.07) is 12.2. The highest BCUT2D eigenvalue weighted by atomic mass is 19.1. The second-order valence-corrected chi connectivity index (χ2v) is 9.90. The van der Waals surface area contributed by atoms with E-state index in [9.17, 15) is 9.18 Å². The lowest BCUT2D eigenvalue weighted by atomic mass is 10.0. The fraction of sp³-hybridized carbons (Fsp3) is 0.346. The molecule has 0 aliphatic carbocycles. The lowest BCUT2D eigenvalue weighted by Gasteiger charge is -2.30. The van der Waals surface area contributed by atoms with Gasteiger partial charge in [0.25, 0.3) is 0 Å². The molecule has 1 saturated heterocycles. The van der Waals surface area contributed by atoms with Crippen LogP contribution in [0.3, 0.4) is 0 Å². The first-order valence-electron chi connectivity index (χ1n) is 11.7. The Labute approximate surface area is 203 Å². The van der Waals surface area contributed by atoms with Crippen LogP contribution < -0.4 is 10.2 Å². The monoisotopic (exact) mass is 476 g/mol. The molecule has 1 aliphatic rings. The van der Waals surface area contributed by atoms with Crippen molar-refractivity contribution < 1.29 is 13.9 Å². The molecule has 5 rings (SSSR count). The van der Waals surface area contributed by atoms with E-state index in [4.69, 9.17) is 4.74 Å². The van der Waals surface area contributed by atoms with E-state index in [1.807, 2.05) is 52.5 Å². The number of aryl methyl sites for hydroxylation is 1. The number of ether oxygens (including phenoxy) is 1. The second-order valence-electron chi connectivity index (χ2n) is 9.90. The number of benzene rings is 2. The molecule has 35 heavy (non-hydrogen) atoms. The Morgan fingerprint density at radius 1 is 1.09 bits per heavy atom. The van der Waals surface area contributed by atoms with Gasteiger partial charge in [-0.1, -0.05) is 0 Å². The van der Waals surface area contributed by atoms with Crippen molar-refractivity contribution in [1.82, 2.24) is 24.9 Å². The van der Waals surface area contributed by atoms with Gasteiger partial charge in [-0.2, -0.15) is 10.2 Å². The van der Waals surface area contributed by atoms with Crippen molar-refractivity contribution in [2.24, 2.45) is 7.05 Å². The summed E-state index contributed by atoms with van der Waals surface area (Å²) in [5.41, 5.74) is 3.21. The molecular formula is C26H29FN6O2. The van der Waals surface area contributed by atoms with Gasteiger partial charge in [0.2, 0.25) is 0 Å². The van der Waals surface area contributed by atoms with Crippen molar-refractivity contribution in [2.75, 3.05) is 11.4 Å². The number of amides is 1. The second kappa shape index (κ2) is 8.72. The number of aromatic nitrogens is 4. The highest BCUT2D eigenvalue weighted by molar-refractivity contribution is 5.84. The van der Waals surface area contributed by atoms with Crippen molar-refractivity contribution in [2.45, 2.75) is 44.9 Å². The van der Waals surface area contributed by atoms with Gasteiger partial charge in [-0.15, -0.1) is 0 Å². The van der Waals surface area contributed by atoms with Crippen molar-refractivity contribution in [1.29, 1.82) is 0 Å². The molecule has 2 atom stereocenters. The number of fused-ring (bicyclic) bond motifs is 1. The van der Waals surface area contributed by atoms with Gasteiger partial charge in [-0.25, -0.2) is 13.9 Å². The van der Waals surface area contributed by atoms with E-state index < -0.39 is 11.7 Å². The molecule has 0 spiro atoms. The predicted octanol–water partition coefficient (Wildman–Crippen LogP) is 4.74. The van der Waals surface area contributed by atoms with E-state index in [0.29, 0.717) is 0 Å². The number of anilines is 1. The number of nitrogens with zero attached hydrogens (tertiary/aromatic N) is 5. The van der Waals surface area contributed by atoms with E-state index in [1.165, 1.54) is 12.1 Å². The molecule has 1 aliphatic heterocycles. The lowest BCUT2D eigenvalue weighted by Crippen LogP contribution is -2.42. The SMILES string of the molecule is Cn1cc(C2[C@H](NC(=O)OC(C)(C)C)CCN2c2ccc3c(cnn3-c3ccc(F)cc3)c2)cn1. The van der Waals surface area contributed by atoms with E-state index in [2.05, 4.69) is 32.5 Å². The van der Waals surface area contributed by atoms with Crippen molar-refractivity contribution in [3.63, 3.8) is 0 Å². The minimum absolute atomic E-state index is 0.0965. The van der Waals surface area contributed by atoms with E-state index in [1.54, 1.807) is 21.5 Å². The maximum atomic E-state index is 13.4. The molecule has 182 valence electrons. The van der Waals surface area contributed by atoms with Crippen LogP contribution in [0.5, 0.6) is 0 Å². The first-order valence-corrected chi connectivity index (χ1v) is 11.7. The molecule has 0 saturated carbocycles. The number of hydrogen-bond acceptors (Lipinski definition) is 5. The zero-order chi connectivity index (χ0) is 24.7. The highest BCUT2D eigenvalue weighted by Crippen LogP contribution is 2.38. The van der Waals surface area contributed by atoms with Gasteiger partial charge in [0.15, 0.2) is 0 Å². The number of hydrogen-bond donors (Lipinski definition) is 1. The predicted molar refractivity (Wildman–Crippen MR) is 132 cm³/mol. The van der Waals surface area contributed by atoms with Gasteiger partial charge in [-0.05, 0) is 69.7 Å². The smallest absolute Gasteiger partial charge is 0.407 e. The summed E-state index contributed by atoms with van der Waals surface area (Å²) in [5, 5.41) is 12.9. The molecule has 1 N–H and O–H groups in total. The molecule has 1 amide bonds. The van der Waals surface area contributed by atoms with Crippen LogP contribution in [0.4, 0.5) is 14.9 Å². The van der Waals surface area contributed by atoms with Crippen LogP contribution in [0.25, 0.3) is 16.6 Å². The normalized spacial score (nSPS) is 18.3. The molecule has 4 aromatic rings. The summed E-state index contributed by atoms with van der Waals surface area (Å²) < 4.78 is 22.4. The Balaban J connectivity index is 1.46. The van der Waals surface area contributed by atoms with Crippen molar-refractivity contribution in [3.8, 4) is 5.69 Å². The van der Waals surface area contributed by atoms with Crippen LogP contribution >= 0.6 is 0 Å². The minimum Gasteiger partial charge on any atom is -0.444 e. The van der Waals surface area contributed by atoms with Crippen LogP contribution in [-0.2, 0) is 11.8 Å². The largest absolute Gasteiger partial charge is 0.444 e. The highest BCUT2D eigenvalue weighted by Gasteiger charge is 2.38. The minimum atomic E-state index is -0.568. The standard InChI is InChI=1S/C26H29FN6O2/c1-26(2,3)35-25(34)30-22-11-12-32(24(22)18-15-28-31(4)16-18)21-9-10-23-17(13-21)14-29-33(23)20-7-5-19(27)6-8-20/h5-10,13-16,22,24H,11-12H2,1-4H3,(H,30,34)/t22-,24?/m1/s1. The molecule has 2 aromatic carbocycles. The molecule has 8 nitrogen and oxygen atoms in total. The van der Waals surface area contributed by atoms with E-state index in [0.717, 1.165) is 40.8 Å². The van der Waals surface area contributed by atoms with Crippen LogP contribution in [0.1, 0.15) is 38.8 Å². The van der Waals surface area contributed by atoms with E-state index >= 15 is 0 Å². The number of carbonyl (C=O) groups is 1. The fourth-order valence-electron chi connectivity index (χ4n) is 4.68. The number of halogens is 1. The van der Waals surface area contributed by atoms with Crippen LogP contribution in [0.15, 0.2) is 61.1 Å². The van der Waals surface area contributed by atoms with Gasteiger partial charge >= 0.3 is 6.09 Å². The Kier molecular flexibility index (Phi) is 5.70. The van der Waals surface area contributed by atoms with Gasteiger partial charge in [0.1, 0.15) is 11.4 Å². The maximum absolute atomic E-state index is 13.4. The van der Waals surface area contributed by atoms with Gasteiger partial charge in [-0.3, -0.25) is 4.68 Å². The molecule has 0 radical (unpaired) electrons. The summed E-state index contributed by atoms with van der Waals surface area (Å²) >= 11 is 0. The van der Waals surface area contributed by atoms with Crippen LogP contribution in [0, 0.1) is 5.82 Å². The quantitative estimate of drug-likeness (QED) is 0.460. The summed E-state index contributed by atoms with van der Waals surface area (Å²) in [6.07, 6.45) is 5.99. The number of alkyl carbamates (subject to hydrolysis) is 1. The summed E-state index contributed by atoms with van der Waals surface area (Å²) in [4.78, 5) is 14.9. The van der Waals surface area contributed by atoms with Crippen molar-refractivity contribution in [3.05, 3.63) is 72.4 Å². The molecule has 2 aromatic heterocycles. The van der Waals surface area contributed by atoms with E-state index in [-0.39, 0.29) is 17.9 Å². The zero-order valence-electron chi connectivity index (χ0n) is 20.3. The number of nitrogens with one attached hydrogen (secondary N) is 1. The van der Waals surface area contributed by atoms with Crippen molar-refractivity contribution >= 4 is 22.7 Å². The molecule has 0 bridgehead atoms. The third kappa shape index (κ3) is 4.71. The Morgan fingerprint density at radius 2 is 1.83 bits per heavy atom. The average molecular weight is 477 g/mol. The van der Waals surface area contributed by atoms with Gasteiger partial charge in [0, 0.05) is 36.4 Å². The fourth-order valence-corrected chi connectivity index (χ4v) is 4.68. The number of rotatable bonds is 4. The third-order valence-electron chi connectivity index (χ3n) is 6.12. The Hall–Kier alpha value is -3.88. The number of carbonyl (C=O) groups excluding carboxylic acids is 1. The zero-order valence-corrected chi connectivity index (χ0v) is 20.3. The summed E-state index contributed by atoms with van der Waals surface area (Å²) in [5.74, 6) is -0.280. The van der Waals surface area contributed by atoms with Crippen LogP contribution in [-0.4, -0.2) is 43.8 Å². The maximum Gasteiger partial charge on any atom is 0.407 e. The van der Waals surface area contributed by atoms with Gasteiger partial charge < -0.3 is 15.0 Å². The third-order valence-corrected chi connectivity index (χ3v) is 6.12. The first-order chi connectivity index (χ1) is 16.7. The summed E-state index contributed by atoms with van der Waals surface area (Å²) in [6.45, 7) is 6.33. The Bertz CT molecular complexity index is 1350. The molecule has 1 unspecified atom stereocenters. The molecule has 3 heterocycles.